The van der Waals surface area contributed by atoms with Gasteiger partial charge in [-0.2, -0.15) is 13.2 Å². The number of rotatable bonds is 3. The van der Waals surface area contributed by atoms with E-state index < -0.39 is 12.6 Å². The molecule has 0 amide bonds. The summed E-state index contributed by atoms with van der Waals surface area (Å²) in [6.07, 6.45) is -2.65. The van der Waals surface area contributed by atoms with Crippen molar-refractivity contribution in [2.75, 3.05) is 19.6 Å². The Balaban J connectivity index is 2.08. The fraction of sp³-hybridized carbons (Fsp3) is 1.00. The van der Waals surface area contributed by atoms with Crippen LogP contribution in [0.2, 0.25) is 0 Å². The molecular weight excluding hydrogens is 193 g/mol. The maximum absolute atomic E-state index is 11.8. The van der Waals surface area contributed by atoms with Gasteiger partial charge in [0.1, 0.15) is 0 Å². The van der Waals surface area contributed by atoms with Crippen LogP contribution in [0.25, 0.3) is 0 Å². The van der Waals surface area contributed by atoms with Crippen molar-refractivity contribution in [3.05, 3.63) is 0 Å². The molecule has 0 radical (unpaired) electrons. The highest BCUT2D eigenvalue weighted by molar-refractivity contribution is 4.73. The lowest BCUT2D eigenvalue weighted by Crippen LogP contribution is -2.40. The predicted octanol–water partition coefficient (Wildman–Crippen LogP) is 1.75. The fourth-order valence-electron chi connectivity index (χ4n) is 1.68. The van der Waals surface area contributed by atoms with Gasteiger partial charge in [0.2, 0.25) is 0 Å². The number of alkyl halides is 3. The maximum atomic E-state index is 11.8. The number of likely N-dealkylation sites (tertiary alicyclic amines) is 1. The van der Waals surface area contributed by atoms with Gasteiger partial charge in [0.15, 0.2) is 0 Å². The lowest BCUT2D eigenvalue weighted by molar-refractivity contribution is -0.136. The van der Waals surface area contributed by atoms with Crippen LogP contribution in [0.15, 0.2) is 0 Å². The van der Waals surface area contributed by atoms with Crippen molar-refractivity contribution >= 4 is 0 Å². The quantitative estimate of drug-likeness (QED) is 0.769. The van der Waals surface area contributed by atoms with E-state index in [9.17, 15) is 13.2 Å². The molecule has 0 aromatic carbocycles. The highest BCUT2D eigenvalue weighted by atomic mass is 19.4. The molecule has 0 atom stereocenters. The van der Waals surface area contributed by atoms with Crippen LogP contribution in [0.5, 0.6) is 0 Å². The van der Waals surface area contributed by atoms with Gasteiger partial charge in [-0.05, 0) is 38.9 Å². The summed E-state index contributed by atoms with van der Waals surface area (Å²) in [6.45, 7) is 2.24. The SMILES string of the molecule is NC1CCN(CCCC(F)(F)F)CC1. The summed E-state index contributed by atoms with van der Waals surface area (Å²) in [5.41, 5.74) is 5.69. The second-order valence-electron chi connectivity index (χ2n) is 3.90. The number of halogens is 3. The third-order valence-corrected chi connectivity index (χ3v) is 2.57. The topological polar surface area (TPSA) is 29.3 Å². The van der Waals surface area contributed by atoms with Crippen LogP contribution < -0.4 is 5.73 Å². The van der Waals surface area contributed by atoms with Crippen molar-refractivity contribution in [2.24, 2.45) is 5.73 Å². The molecule has 1 aliphatic heterocycles. The summed E-state index contributed by atoms with van der Waals surface area (Å²) in [4.78, 5) is 2.06. The number of nitrogens with zero attached hydrogens (tertiary/aromatic N) is 1. The van der Waals surface area contributed by atoms with Crippen molar-refractivity contribution in [1.29, 1.82) is 0 Å². The Morgan fingerprint density at radius 3 is 2.29 bits per heavy atom. The van der Waals surface area contributed by atoms with Gasteiger partial charge in [0.25, 0.3) is 0 Å². The van der Waals surface area contributed by atoms with Crippen molar-refractivity contribution < 1.29 is 13.2 Å². The zero-order chi connectivity index (χ0) is 10.6. The van der Waals surface area contributed by atoms with E-state index in [1.807, 2.05) is 0 Å². The zero-order valence-electron chi connectivity index (χ0n) is 8.19. The van der Waals surface area contributed by atoms with Gasteiger partial charge in [-0.1, -0.05) is 0 Å². The van der Waals surface area contributed by atoms with Gasteiger partial charge in [-0.15, -0.1) is 0 Å². The molecule has 1 saturated heterocycles. The minimum atomic E-state index is -4.01. The highest BCUT2D eigenvalue weighted by Crippen LogP contribution is 2.21. The Kier molecular flexibility index (Phi) is 4.19. The molecule has 0 unspecified atom stereocenters. The van der Waals surface area contributed by atoms with Gasteiger partial charge < -0.3 is 10.6 Å². The van der Waals surface area contributed by atoms with Crippen molar-refractivity contribution in [3.8, 4) is 0 Å². The van der Waals surface area contributed by atoms with Gasteiger partial charge in [-0.3, -0.25) is 0 Å². The maximum Gasteiger partial charge on any atom is 0.389 e. The lowest BCUT2D eigenvalue weighted by atomic mass is 10.1. The first-order valence-electron chi connectivity index (χ1n) is 5.02. The number of hydrogen-bond donors (Lipinski definition) is 1. The first-order valence-corrected chi connectivity index (χ1v) is 5.02. The Hall–Kier alpha value is -0.290. The van der Waals surface area contributed by atoms with Crippen LogP contribution in [0, 0.1) is 0 Å². The second-order valence-corrected chi connectivity index (χ2v) is 3.90. The first kappa shape index (κ1) is 11.8. The van der Waals surface area contributed by atoms with Crippen LogP contribution in [-0.2, 0) is 0 Å². The standard InChI is InChI=1S/C9H17F3N2/c10-9(11,12)4-1-5-14-6-2-8(13)3-7-14/h8H,1-7,13H2. The summed E-state index contributed by atoms with van der Waals surface area (Å²) in [6, 6.07) is 0.244. The number of nitrogens with two attached hydrogens (primary N) is 1. The van der Waals surface area contributed by atoms with E-state index in [1.54, 1.807) is 0 Å². The lowest BCUT2D eigenvalue weighted by Gasteiger charge is -2.30. The van der Waals surface area contributed by atoms with E-state index in [0.29, 0.717) is 6.54 Å². The summed E-state index contributed by atoms with van der Waals surface area (Å²) in [5.74, 6) is 0. The molecule has 0 aromatic rings. The van der Waals surface area contributed by atoms with E-state index in [4.69, 9.17) is 5.73 Å². The Labute approximate surface area is 82.2 Å². The minimum absolute atomic E-state index is 0.207. The summed E-state index contributed by atoms with van der Waals surface area (Å²) < 4.78 is 35.5. The average Bonchev–Trinajstić information content (AvgIpc) is 2.06. The van der Waals surface area contributed by atoms with Crippen molar-refractivity contribution in [1.82, 2.24) is 4.90 Å². The Morgan fingerprint density at radius 1 is 1.21 bits per heavy atom. The molecule has 0 aliphatic carbocycles. The van der Waals surface area contributed by atoms with Gasteiger partial charge in [0, 0.05) is 12.5 Å². The van der Waals surface area contributed by atoms with Crippen LogP contribution in [0.3, 0.4) is 0 Å². The molecule has 2 nitrogen and oxygen atoms in total. The molecule has 2 N–H and O–H groups in total. The summed E-state index contributed by atoms with van der Waals surface area (Å²) in [7, 11) is 0. The Morgan fingerprint density at radius 2 is 1.79 bits per heavy atom. The van der Waals surface area contributed by atoms with E-state index >= 15 is 0 Å². The molecule has 84 valence electrons. The van der Waals surface area contributed by atoms with Crippen molar-refractivity contribution in [2.45, 2.75) is 37.9 Å². The Bertz CT molecular complexity index is 162. The van der Waals surface area contributed by atoms with Gasteiger partial charge in [-0.25, -0.2) is 0 Å². The minimum Gasteiger partial charge on any atom is -0.328 e. The molecule has 1 rings (SSSR count). The molecule has 0 saturated carbocycles. The van der Waals surface area contributed by atoms with E-state index in [2.05, 4.69) is 4.90 Å². The molecule has 0 aromatic heterocycles. The monoisotopic (exact) mass is 210 g/mol. The largest absolute Gasteiger partial charge is 0.389 e. The van der Waals surface area contributed by atoms with Crippen LogP contribution in [0.4, 0.5) is 13.2 Å². The highest BCUT2D eigenvalue weighted by Gasteiger charge is 2.26. The zero-order valence-corrected chi connectivity index (χ0v) is 8.19. The second kappa shape index (κ2) is 4.98. The normalized spacial score (nSPS) is 21.4. The third-order valence-electron chi connectivity index (χ3n) is 2.57. The van der Waals surface area contributed by atoms with E-state index in [0.717, 1.165) is 25.9 Å². The molecule has 14 heavy (non-hydrogen) atoms. The smallest absolute Gasteiger partial charge is 0.328 e. The molecule has 1 aliphatic rings. The van der Waals surface area contributed by atoms with Crippen LogP contribution in [0.1, 0.15) is 25.7 Å². The predicted molar refractivity (Wildman–Crippen MR) is 48.9 cm³/mol. The summed E-state index contributed by atoms with van der Waals surface area (Å²) >= 11 is 0. The van der Waals surface area contributed by atoms with Crippen LogP contribution in [-0.4, -0.2) is 36.8 Å². The van der Waals surface area contributed by atoms with Gasteiger partial charge in [0.05, 0.1) is 0 Å². The molecule has 1 fully saturated rings. The molecule has 1 heterocycles. The number of hydrogen-bond acceptors (Lipinski definition) is 2. The molecular formula is C9H17F3N2. The number of piperidine rings is 1. The van der Waals surface area contributed by atoms with Gasteiger partial charge >= 0.3 is 6.18 Å². The third kappa shape index (κ3) is 4.81. The molecule has 0 spiro atoms. The molecule has 5 heteroatoms. The molecule has 0 bridgehead atoms. The van der Waals surface area contributed by atoms with Crippen LogP contribution >= 0.6 is 0 Å². The first-order chi connectivity index (χ1) is 6.47. The van der Waals surface area contributed by atoms with E-state index in [-0.39, 0.29) is 12.5 Å². The van der Waals surface area contributed by atoms with Crippen molar-refractivity contribution in [3.63, 3.8) is 0 Å². The summed E-state index contributed by atoms with van der Waals surface area (Å²) in [5, 5.41) is 0. The van der Waals surface area contributed by atoms with E-state index in [1.165, 1.54) is 0 Å². The fourth-order valence-corrected chi connectivity index (χ4v) is 1.68. The average molecular weight is 210 g/mol.